The molecular weight excluding hydrogens is 436 g/mol. The summed E-state index contributed by atoms with van der Waals surface area (Å²) in [7, 11) is 4.51. The molecule has 0 saturated heterocycles. The van der Waals surface area contributed by atoms with Gasteiger partial charge in [-0.15, -0.1) is 0 Å². The van der Waals surface area contributed by atoms with Gasteiger partial charge in [0, 0.05) is 5.69 Å². The van der Waals surface area contributed by atoms with Crippen LogP contribution in [0.1, 0.15) is 15.9 Å². The second-order valence-electron chi connectivity index (χ2n) is 6.88. The summed E-state index contributed by atoms with van der Waals surface area (Å²) in [6.45, 7) is 0. The third-order valence-electron chi connectivity index (χ3n) is 4.74. The van der Waals surface area contributed by atoms with E-state index in [1.165, 1.54) is 26.4 Å². The number of nitriles is 1. The van der Waals surface area contributed by atoms with E-state index in [1.807, 2.05) is 6.07 Å². The molecule has 3 aromatic carbocycles. The fourth-order valence-corrected chi connectivity index (χ4v) is 2.93. The maximum atomic E-state index is 12.5. The predicted octanol–water partition coefficient (Wildman–Crippen LogP) is 4.48. The molecule has 0 aliphatic rings. The first-order valence-electron chi connectivity index (χ1n) is 10.1. The molecule has 0 radical (unpaired) electrons. The third kappa shape index (κ3) is 5.93. The number of hydrogen-bond donors (Lipinski definition) is 1. The number of hydrogen-bond acceptors (Lipinski definition) is 7. The highest BCUT2D eigenvalue weighted by molar-refractivity contribution is 6.09. The molecule has 3 rings (SSSR count). The van der Waals surface area contributed by atoms with Crippen LogP contribution in [0.2, 0.25) is 0 Å². The Hall–Kier alpha value is -4.77. The van der Waals surface area contributed by atoms with Gasteiger partial charge in [-0.1, -0.05) is 6.07 Å². The first-order chi connectivity index (χ1) is 16.5. The third-order valence-corrected chi connectivity index (χ3v) is 4.74. The number of ether oxygens (including phenoxy) is 4. The van der Waals surface area contributed by atoms with Crippen molar-refractivity contribution in [3.63, 3.8) is 0 Å². The number of nitrogens with zero attached hydrogens (tertiary/aromatic N) is 1. The van der Waals surface area contributed by atoms with Crippen molar-refractivity contribution in [2.24, 2.45) is 0 Å². The van der Waals surface area contributed by atoms with E-state index in [1.54, 1.807) is 67.8 Å². The lowest BCUT2D eigenvalue weighted by atomic mass is 10.1. The number of anilines is 1. The van der Waals surface area contributed by atoms with E-state index in [0.717, 1.165) is 0 Å². The quantitative estimate of drug-likeness (QED) is 0.230. The standard InChI is InChI=1S/C26H22N2O6/c1-31-21-9-5-18(6-10-21)26(30)34-23-13-4-17(15-24(23)33-3)14-19(16-27)25(29)28-20-7-11-22(32-2)12-8-20/h4-15H,1-3H3,(H,28,29)/b19-14+. The fraction of sp³-hybridized carbons (Fsp3) is 0.115. The Morgan fingerprint density at radius 3 is 2.00 bits per heavy atom. The molecule has 0 fully saturated rings. The monoisotopic (exact) mass is 458 g/mol. The summed E-state index contributed by atoms with van der Waals surface area (Å²) in [6, 6.07) is 19.8. The molecular formula is C26H22N2O6. The highest BCUT2D eigenvalue weighted by Gasteiger charge is 2.14. The number of amides is 1. The minimum atomic E-state index is -0.569. The second kappa shape index (κ2) is 11.2. The van der Waals surface area contributed by atoms with Gasteiger partial charge in [0.25, 0.3) is 5.91 Å². The number of carbonyl (C=O) groups excluding carboxylic acids is 2. The van der Waals surface area contributed by atoms with Gasteiger partial charge < -0.3 is 24.3 Å². The van der Waals surface area contributed by atoms with Gasteiger partial charge in [-0.2, -0.15) is 5.26 Å². The van der Waals surface area contributed by atoms with E-state index < -0.39 is 11.9 Å². The van der Waals surface area contributed by atoms with Crippen LogP contribution in [-0.2, 0) is 4.79 Å². The zero-order valence-corrected chi connectivity index (χ0v) is 18.8. The zero-order valence-electron chi connectivity index (χ0n) is 18.8. The Bertz CT molecular complexity index is 1240. The largest absolute Gasteiger partial charge is 0.497 e. The minimum absolute atomic E-state index is 0.110. The number of carbonyl (C=O) groups is 2. The summed E-state index contributed by atoms with van der Waals surface area (Å²) in [4.78, 5) is 25.0. The molecule has 34 heavy (non-hydrogen) atoms. The molecule has 0 saturated carbocycles. The minimum Gasteiger partial charge on any atom is -0.497 e. The Kier molecular flexibility index (Phi) is 7.87. The molecule has 8 nitrogen and oxygen atoms in total. The van der Waals surface area contributed by atoms with Crippen molar-refractivity contribution in [3.8, 4) is 29.1 Å². The first-order valence-corrected chi connectivity index (χ1v) is 10.1. The van der Waals surface area contributed by atoms with Gasteiger partial charge >= 0.3 is 5.97 Å². The SMILES string of the molecule is COc1ccc(NC(=O)/C(C#N)=C/c2ccc(OC(=O)c3ccc(OC)cc3)c(OC)c2)cc1. The molecule has 0 heterocycles. The van der Waals surface area contributed by atoms with E-state index in [9.17, 15) is 14.9 Å². The van der Waals surface area contributed by atoms with E-state index in [4.69, 9.17) is 18.9 Å². The lowest BCUT2D eigenvalue weighted by Crippen LogP contribution is -2.13. The Labute approximate surface area is 196 Å². The molecule has 0 bridgehead atoms. The molecule has 172 valence electrons. The average molecular weight is 458 g/mol. The maximum absolute atomic E-state index is 12.5. The maximum Gasteiger partial charge on any atom is 0.343 e. The van der Waals surface area contributed by atoms with Crippen molar-refractivity contribution in [2.45, 2.75) is 0 Å². The van der Waals surface area contributed by atoms with Crippen molar-refractivity contribution < 1.29 is 28.5 Å². The van der Waals surface area contributed by atoms with E-state index in [2.05, 4.69) is 5.32 Å². The molecule has 0 aliphatic carbocycles. The van der Waals surface area contributed by atoms with Crippen LogP contribution in [0.3, 0.4) is 0 Å². The summed E-state index contributed by atoms with van der Waals surface area (Å²) >= 11 is 0. The van der Waals surface area contributed by atoms with Crippen LogP contribution in [0.4, 0.5) is 5.69 Å². The zero-order chi connectivity index (χ0) is 24.5. The number of nitrogens with one attached hydrogen (secondary N) is 1. The van der Waals surface area contributed by atoms with Crippen molar-refractivity contribution in [2.75, 3.05) is 26.6 Å². The van der Waals surface area contributed by atoms with Crippen LogP contribution < -0.4 is 24.3 Å². The Morgan fingerprint density at radius 1 is 0.824 bits per heavy atom. The molecule has 0 unspecified atom stereocenters. The Balaban J connectivity index is 1.76. The van der Waals surface area contributed by atoms with Gasteiger partial charge in [-0.25, -0.2) is 4.79 Å². The van der Waals surface area contributed by atoms with Gasteiger partial charge in [0.2, 0.25) is 0 Å². The summed E-state index contributed by atoms with van der Waals surface area (Å²) in [5, 5.41) is 12.1. The fourth-order valence-electron chi connectivity index (χ4n) is 2.93. The summed E-state index contributed by atoms with van der Waals surface area (Å²) < 4.78 is 20.9. The van der Waals surface area contributed by atoms with Crippen LogP contribution in [0.15, 0.2) is 72.3 Å². The van der Waals surface area contributed by atoms with Gasteiger partial charge in [0.15, 0.2) is 11.5 Å². The van der Waals surface area contributed by atoms with Gasteiger partial charge in [0.05, 0.1) is 26.9 Å². The number of benzene rings is 3. The number of rotatable bonds is 8. The normalized spacial score (nSPS) is 10.6. The molecule has 0 aliphatic heterocycles. The van der Waals surface area contributed by atoms with Crippen molar-refractivity contribution in [1.29, 1.82) is 5.26 Å². The molecule has 1 amide bonds. The topological polar surface area (TPSA) is 107 Å². The first kappa shape index (κ1) is 23.9. The lowest BCUT2D eigenvalue weighted by Gasteiger charge is -2.11. The van der Waals surface area contributed by atoms with Crippen LogP contribution in [-0.4, -0.2) is 33.2 Å². The van der Waals surface area contributed by atoms with Crippen molar-refractivity contribution >= 4 is 23.6 Å². The van der Waals surface area contributed by atoms with E-state index in [0.29, 0.717) is 28.3 Å². The van der Waals surface area contributed by atoms with Crippen LogP contribution in [0, 0.1) is 11.3 Å². The number of esters is 1. The molecule has 1 N–H and O–H groups in total. The van der Waals surface area contributed by atoms with Crippen LogP contribution in [0.5, 0.6) is 23.0 Å². The van der Waals surface area contributed by atoms with Gasteiger partial charge in [-0.3, -0.25) is 4.79 Å². The van der Waals surface area contributed by atoms with Gasteiger partial charge in [0.1, 0.15) is 23.1 Å². The highest BCUT2D eigenvalue weighted by Crippen LogP contribution is 2.30. The van der Waals surface area contributed by atoms with E-state index >= 15 is 0 Å². The molecule has 0 spiro atoms. The van der Waals surface area contributed by atoms with Crippen molar-refractivity contribution in [1.82, 2.24) is 0 Å². The Morgan fingerprint density at radius 2 is 1.44 bits per heavy atom. The lowest BCUT2D eigenvalue weighted by molar-refractivity contribution is -0.112. The summed E-state index contributed by atoms with van der Waals surface area (Å²) in [5.41, 5.74) is 1.27. The highest BCUT2D eigenvalue weighted by atomic mass is 16.6. The van der Waals surface area contributed by atoms with Crippen molar-refractivity contribution in [3.05, 3.63) is 83.4 Å². The van der Waals surface area contributed by atoms with Crippen LogP contribution >= 0.6 is 0 Å². The second-order valence-corrected chi connectivity index (χ2v) is 6.88. The molecule has 8 heteroatoms. The van der Waals surface area contributed by atoms with Crippen LogP contribution in [0.25, 0.3) is 6.08 Å². The predicted molar refractivity (Wildman–Crippen MR) is 126 cm³/mol. The average Bonchev–Trinajstić information content (AvgIpc) is 2.88. The number of methoxy groups -OCH3 is 3. The smallest absolute Gasteiger partial charge is 0.343 e. The van der Waals surface area contributed by atoms with Gasteiger partial charge in [-0.05, 0) is 72.3 Å². The molecule has 3 aromatic rings. The summed E-state index contributed by atoms with van der Waals surface area (Å²) in [5.74, 6) is 0.594. The van der Waals surface area contributed by atoms with E-state index in [-0.39, 0.29) is 17.1 Å². The molecule has 0 atom stereocenters. The summed E-state index contributed by atoms with van der Waals surface area (Å²) in [6.07, 6.45) is 1.41. The molecule has 0 aromatic heterocycles.